The van der Waals surface area contributed by atoms with Crippen LogP contribution in [-0.2, 0) is 14.3 Å². The molecule has 2 aromatic carbocycles. The van der Waals surface area contributed by atoms with Crippen molar-refractivity contribution >= 4 is 85.6 Å². The number of nitrogens with one attached hydrogen (secondary N) is 2. The van der Waals surface area contributed by atoms with E-state index in [1.54, 1.807) is 30.3 Å². The Hall–Kier alpha value is -3.00. The first-order chi connectivity index (χ1) is 16.9. The maximum Gasteiger partial charge on any atom is 0.337 e. The molecule has 0 unspecified atom stereocenters. The highest BCUT2D eigenvalue weighted by Gasteiger charge is 2.12. The molecule has 0 aliphatic rings. The topological polar surface area (TPSA) is 123 Å². The molecule has 4 rings (SSSR count). The van der Waals surface area contributed by atoms with Crippen molar-refractivity contribution in [2.75, 3.05) is 29.2 Å². The summed E-state index contributed by atoms with van der Waals surface area (Å²) in [6.07, 6.45) is 0. The molecule has 2 N–H and O–H groups in total. The van der Waals surface area contributed by atoms with Crippen LogP contribution < -0.4 is 10.6 Å². The lowest BCUT2D eigenvalue weighted by atomic mass is 10.2. The van der Waals surface area contributed by atoms with E-state index in [2.05, 4.69) is 30.6 Å². The predicted molar refractivity (Wildman–Crippen MR) is 141 cm³/mol. The first-order valence-corrected chi connectivity index (χ1v) is 13.7. The average molecular weight is 546 g/mol. The number of benzene rings is 2. The number of aryl methyl sites for hydroxylation is 1. The van der Waals surface area contributed by atoms with Gasteiger partial charge in [-0.05, 0) is 49.4 Å². The zero-order chi connectivity index (χ0) is 24.8. The van der Waals surface area contributed by atoms with E-state index in [1.165, 1.54) is 53.3 Å². The number of thioether (sulfide) groups is 2. The zero-order valence-corrected chi connectivity index (χ0v) is 21.8. The summed E-state index contributed by atoms with van der Waals surface area (Å²) in [5, 5.41) is 14.5. The number of fused-ring (bicyclic) bond motifs is 1. The summed E-state index contributed by atoms with van der Waals surface area (Å²) in [5.74, 6) is -0.311. The first-order valence-electron chi connectivity index (χ1n) is 10.1. The van der Waals surface area contributed by atoms with Crippen molar-refractivity contribution in [3.05, 3.63) is 53.0 Å². The molecule has 0 aliphatic heterocycles. The third kappa shape index (κ3) is 7.01. The van der Waals surface area contributed by atoms with Crippen molar-refractivity contribution in [2.45, 2.75) is 15.6 Å². The fourth-order valence-corrected chi connectivity index (χ4v) is 6.36. The lowest BCUT2D eigenvalue weighted by Crippen LogP contribution is -2.14. The summed E-state index contributed by atoms with van der Waals surface area (Å²) in [6, 6.07) is 12.0. The number of rotatable bonds is 9. The number of hydrogen-bond donors (Lipinski definition) is 2. The Morgan fingerprint density at radius 2 is 1.54 bits per heavy atom. The highest BCUT2D eigenvalue weighted by atomic mass is 32.2. The number of aromatic nitrogens is 3. The number of hydrogen-bond acceptors (Lipinski definition) is 11. The fourth-order valence-electron chi connectivity index (χ4n) is 2.84. The highest BCUT2D eigenvalue weighted by Crippen LogP contribution is 2.31. The standard InChI is InChI=1S/C22H19N5O4S4/c1-12-26-27-22(34-12)33-11-19(29)24-15-7-8-16-17(9-15)35-21(25-16)32-10-18(28)23-14-5-3-13(4-6-14)20(30)31-2/h3-9H,10-11H2,1-2H3,(H,23,28)(H,24,29). The second-order valence-corrected chi connectivity index (χ2v) is 11.6. The van der Waals surface area contributed by atoms with Gasteiger partial charge in [0.2, 0.25) is 11.8 Å². The van der Waals surface area contributed by atoms with Crippen LogP contribution in [0.15, 0.2) is 51.1 Å². The Morgan fingerprint density at radius 3 is 2.20 bits per heavy atom. The van der Waals surface area contributed by atoms with Gasteiger partial charge in [-0.3, -0.25) is 9.59 Å². The molecule has 0 spiro atoms. The molecule has 0 fully saturated rings. The van der Waals surface area contributed by atoms with Gasteiger partial charge in [-0.15, -0.1) is 21.5 Å². The monoisotopic (exact) mass is 545 g/mol. The summed E-state index contributed by atoms with van der Waals surface area (Å²) in [7, 11) is 1.32. The number of nitrogens with zero attached hydrogens (tertiary/aromatic N) is 3. The number of anilines is 2. The molecule has 180 valence electrons. The van der Waals surface area contributed by atoms with Gasteiger partial charge in [0.15, 0.2) is 8.68 Å². The van der Waals surface area contributed by atoms with Crippen LogP contribution in [0.5, 0.6) is 0 Å². The number of carbonyl (C=O) groups excluding carboxylic acids is 3. The molecule has 0 atom stereocenters. The van der Waals surface area contributed by atoms with Gasteiger partial charge in [0, 0.05) is 11.4 Å². The molecular formula is C22H19N5O4S4. The first kappa shape index (κ1) is 25.1. The third-order valence-electron chi connectivity index (χ3n) is 4.40. The quantitative estimate of drug-likeness (QED) is 0.227. The summed E-state index contributed by atoms with van der Waals surface area (Å²) < 4.78 is 7.09. The van der Waals surface area contributed by atoms with E-state index in [4.69, 9.17) is 0 Å². The van der Waals surface area contributed by atoms with Gasteiger partial charge in [-0.1, -0.05) is 34.9 Å². The molecule has 2 aromatic heterocycles. The van der Waals surface area contributed by atoms with Crippen LogP contribution >= 0.6 is 46.2 Å². The Balaban J connectivity index is 1.28. The number of amides is 2. The van der Waals surface area contributed by atoms with Crippen LogP contribution in [0.25, 0.3) is 10.2 Å². The SMILES string of the molecule is COC(=O)c1ccc(NC(=O)CSc2nc3ccc(NC(=O)CSc4nnc(C)s4)cc3s2)cc1. The second kappa shape index (κ2) is 11.6. The van der Waals surface area contributed by atoms with E-state index >= 15 is 0 Å². The average Bonchev–Trinajstić information content (AvgIpc) is 3.46. The molecule has 0 radical (unpaired) electrons. The second-order valence-electron chi connectivity index (χ2n) is 6.99. The lowest BCUT2D eigenvalue weighted by Gasteiger charge is -2.05. The van der Waals surface area contributed by atoms with Crippen LogP contribution in [0.1, 0.15) is 15.4 Å². The number of carbonyl (C=O) groups is 3. The van der Waals surface area contributed by atoms with Crippen molar-refractivity contribution in [3.8, 4) is 0 Å². The van der Waals surface area contributed by atoms with E-state index in [9.17, 15) is 14.4 Å². The van der Waals surface area contributed by atoms with Gasteiger partial charge in [0.1, 0.15) is 5.01 Å². The molecular weight excluding hydrogens is 527 g/mol. The van der Waals surface area contributed by atoms with Crippen molar-refractivity contribution in [3.63, 3.8) is 0 Å². The Kier molecular flexibility index (Phi) is 8.33. The van der Waals surface area contributed by atoms with Crippen molar-refractivity contribution in [1.29, 1.82) is 0 Å². The molecule has 0 bridgehead atoms. The molecule has 0 saturated carbocycles. The van der Waals surface area contributed by atoms with Gasteiger partial charge in [0.05, 0.1) is 34.4 Å². The summed E-state index contributed by atoms with van der Waals surface area (Å²) in [4.78, 5) is 40.6. The minimum atomic E-state index is -0.431. The van der Waals surface area contributed by atoms with Gasteiger partial charge in [0.25, 0.3) is 0 Å². The van der Waals surface area contributed by atoms with Crippen LogP contribution in [0, 0.1) is 6.92 Å². The van der Waals surface area contributed by atoms with Gasteiger partial charge in [-0.25, -0.2) is 9.78 Å². The fraction of sp³-hybridized carbons (Fsp3) is 0.182. The normalized spacial score (nSPS) is 10.8. The maximum absolute atomic E-state index is 12.3. The molecule has 35 heavy (non-hydrogen) atoms. The van der Waals surface area contributed by atoms with Crippen molar-refractivity contribution < 1.29 is 19.1 Å². The maximum atomic E-state index is 12.3. The number of esters is 1. The Bertz CT molecular complexity index is 1370. The lowest BCUT2D eigenvalue weighted by molar-refractivity contribution is -0.114. The van der Waals surface area contributed by atoms with E-state index in [-0.39, 0.29) is 23.3 Å². The van der Waals surface area contributed by atoms with Crippen LogP contribution in [0.2, 0.25) is 0 Å². The van der Waals surface area contributed by atoms with Gasteiger partial charge < -0.3 is 15.4 Å². The summed E-state index contributed by atoms with van der Waals surface area (Å²) in [5.41, 5.74) is 2.49. The number of methoxy groups -OCH3 is 1. The largest absolute Gasteiger partial charge is 0.465 e. The molecule has 4 aromatic rings. The summed E-state index contributed by atoms with van der Waals surface area (Å²) >= 11 is 5.59. The molecule has 0 aliphatic carbocycles. The van der Waals surface area contributed by atoms with Crippen LogP contribution in [0.3, 0.4) is 0 Å². The van der Waals surface area contributed by atoms with Gasteiger partial charge in [-0.2, -0.15) is 0 Å². The number of thiazole rings is 1. The van der Waals surface area contributed by atoms with E-state index in [0.29, 0.717) is 16.9 Å². The molecule has 9 nitrogen and oxygen atoms in total. The van der Waals surface area contributed by atoms with Crippen molar-refractivity contribution in [1.82, 2.24) is 15.2 Å². The predicted octanol–water partition coefficient (Wildman–Crippen LogP) is 4.70. The number of ether oxygens (including phenoxy) is 1. The van der Waals surface area contributed by atoms with Crippen LogP contribution in [-0.4, -0.2) is 51.6 Å². The molecule has 0 saturated heterocycles. The zero-order valence-electron chi connectivity index (χ0n) is 18.6. The summed E-state index contributed by atoms with van der Waals surface area (Å²) in [6.45, 7) is 1.87. The van der Waals surface area contributed by atoms with Crippen molar-refractivity contribution in [2.24, 2.45) is 0 Å². The van der Waals surface area contributed by atoms with E-state index < -0.39 is 5.97 Å². The smallest absolute Gasteiger partial charge is 0.337 e. The van der Waals surface area contributed by atoms with E-state index in [1.807, 2.05) is 19.1 Å². The molecule has 2 heterocycles. The minimum Gasteiger partial charge on any atom is -0.465 e. The molecule has 2 amide bonds. The van der Waals surface area contributed by atoms with Gasteiger partial charge >= 0.3 is 5.97 Å². The van der Waals surface area contributed by atoms with E-state index in [0.717, 1.165) is 23.9 Å². The Labute approximate surface area is 217 Å². The highest BCUT2D eigenvalue weighted by molar-refractivity contribution is 8.02. The minimum absolute atomic E-state index is 0.127. The molecule has 13 heteroatoms. The van der Waals surface area contributed by atoms with Crippen LogP contribution in [0.4, 0.5) is 11.4 Å². The third-order valence-corrected chi connectivity index (χ3v) is 8.54. The Morgan fingerprint density at radius 1 is 0.886 bits per heavy atom.